The van der Waals surface area contributed by atoms with Crippen molar-refractivity contribution in [1.29, 1.82) is 0 Å². The van der Waals surface area contributed by atoms with Gasteiger partial charge in [-0.2, -0.15) is 13.2 Å². The van der Waals surface area contributed by atoms with Gasteiger partial charge in [0.1, 0.15) is 35.0 Å². The molecule has 0 atom stereocenters. The zero-order chi connectivity index (χ0) is 32.1. The van der Waals surface area contributed by atoms with E-state index in [4.69, 9.17) is 25.6 Å². The summed E-state index contributed by atoms with van der Waals surface area (Å²) in [6, 6.07) is 2.90. The van der Waals surface area contributed by atoms with Crippen LogP contribution in [0.3, 0.4) is 0 Å². The second kappa shape index (κ2) is 13.6. The molecule has 0 bridgehead atoms. The van der Waals surface area contributed by atoms with Crippen molar-refractivity contribution in [3.8, 4) is 28.5 Å². The minimum atomic E-state index is -4.76. The quantitative estimate of drug-likeness (QED) is 0.218. The molecule has 0 radical (unpaired) electrons. The minimum Gasteiger partial charge on any atom is -0.467 e. The minimum absolute atomic E-state index is 0.0616. The Labute approximate surface area is 258 Å². The highest BCUT2D eigenvalue weighted by atomic mass is 35.5. The standard InChI is InChI=1S/C27H26ClF3N8O6/c1-43-25-34-9-15(10-35-25)14-2-7-20(32-8-14)39(26(42)44-13-21(40)41)17-5-3-16(4-6-17)36-24-33-11-18(27(29,30)31)22(37-24)23-19(28)12-45-38-23/h2,7-12,16-17,21,40-41H,3-6,13H2,1H3,(H,33,36,37)/t16-,17-. The zero-order valence-electron chi connectivity index (χ0n) is 23.5. The van der Waals surface area contributed by atoms with Crippen LogP contribution < -0.4 is 15.0 Å². The maximum absolute atomic E-state index is 13.6. The topological polar surface area (TPSA) is 182 Å². The van der Waals surface area contributed by atoms with Gasteiger partial charge in [0, 0.05) is 48.0 Å². The summed E-state index contributed by atoms with van der Waals surface area (Å²) in [5.41, 5.74) is -0.566. The molecular weight excluding hydrogens is 625 g/mol. The van der Waals surface area contributed by atoms with E-state index in [0.29, 0.717) is 43.0 Å². The highest BCUT2D eigenvalue weighted by Crippen LogP contribution is 2.38. The summed E-state index contributed by atoms with van der Waals surface area (Å²) in [5.74, 6) is 0.204. The first kappa shape index (κ1) is 31.8. The van der Waals surface area contributed by atoms with Gasteiger partial charge in [-0.25, -0.2) is 29.7 Å². The number of aromatic nitrogens is 6. The molecule has 1 saturated carbocycles. The number of nitrogens with zero attached hydrogens (tertiary/aromatic N) is 7. The Morgan fingerprint density at radius 1 is 1.07 bits per heavy atom. The van der Waals surface area contributed by atoms with Crippen molar-refractivity contribution in [3.63, 3.8) is 0 Å². The molecule has 0 aromatic carbocycles. The van der Waals surface area contributed by atoms with Crippen LogP contribution in [0.4, 0.5) is 29.7 Å². The van der Waals surface area contributed by atoms with E-state index in [1.54, 1.807) is 24.5 Å². The molecule has 0 aliphatic heterocycles. The monoisotopic (exact) mass is 650 g/mol. The van der Waals surface area contributed by atoms with Crippen molar-refractivity contribution in [3.05, 3.63) is 53.8 Å². The molecular formula is C27H26ClF3N8O6. The molecule has 3 N–H and O–H groups in total. The number of hydrogen-bond donors (Lipinski definition) is 3. The molecule has 1 amide bonds. The first-order valence-corrected chi connectivity index (χ1v) is 13.9. The molecule has 0 saturated heterocycles. The normalized spacial score (nSPS) is 16.8. The predicted octanol–water partition coefficient (Wildman–Crippen LogP) is 4.34. The van der Waals surface area contributed by atoms with Crippen LogP contribution in [-0.4, -0.2) is 78.5 Å². The molecule has 1 aliphatic rings. The van der Waals surface area contributed by atoms with Gasteiger partial charge < -0.3 is 29.5 Å². The zero-order valence-corrected chi connectivity index (χ0v) is 24.2. The molecule has 5 rings (SSSR count). The van der Waals surface area contributed by atoms with E-state index in [1.807, 2.05) is 0 Å². The third-order valence-electron chi connectivity index (χ3n) is 6.93. The average molecular weight is 651 g/mol. The van der Waals surface area contributed by atoms with Gasteiger partial charge in [-0.1, -0.05) is 16.8 Å². The highest BCUT2D eigenvalue weighted by Gasteiger charge is 2.37. The number of hydrogen-bond acceptors (Lipinski definition) is 13. The number of nitrogens with one attached hydrogen (secondary N) is 1. The Morgan fingerprint density at radius 3 is 2.36 bits per heavy atom. The molecule has 45 heavy (non-hydrogen) atoms. The van der Waals surface area contributed by atoms with E-state index in [9.17, 15) is 28.2 Å². The lowest BCUT2D eigenvalue weighted by Gasteiger charge is -2.36. The average Bonchev–Trinajstić information content (AvgIpc) is 3.46. The summed E-state index contributed by atoms with van der Waals surface area (Å²) in [4.78, 5) is 34.9. The van der Waals surface area contributed by atoms with Crippen LogP contribution in [0, 0.1) is 0 Å². The van der Waals surface area contributed by atoms with Crippen molar-refractivity contribution >= 4 is 29.5 Å². The van der Waals surface area contributed by atoms with E-state index in [0.717, 1.165) is 6.26 Å². The van der Waals surface area contributed by atoms with Crippen molar-refractivity contribution in [2.24, 2.45) is 0 Å². The van der Waals surface area contributed by atoms with Gasteiger partial charge in [-0.05, 0) is 37.8 Å². The summed E-state index contributed by atoms with van der Waals surface area (Å²) in [7, 11) is 1.45. The molecule has 1 aliphatic carbocycles. The van der Waals surface area contributed by atoms with Crippen molar-refractivity contribution in [2.45, 2.75) is 50.2 Å². The van der Waals surface area contributed by atoms with Gasteiger partial charge in [-0.3, -0.25) is 4.90 Å². The van der Waals surface area contributed by atoms with Crippen molar-refractivity contribution in [2.75, 3.05) is 23.9 Å². The maximum Gasteiger partial charge on any atom is 0.420 e. The SMILES string of the molecule is COc1ncc(-c2ccc(N(C(=O)OCC(O)O)[C@H]3CC[C@H](Nc4ncc(C(F)(F)F)c(-c5nocc5Cl)n4)CC3)nc2)cn1. The van der Waals surface area contributed by atoms with E-state index < -0.39 is 42.5 Å². The Morgan fingerprint density at radius 2 is 1.78 bits per heavy atom. The van der Waals surface area contributed by atoms with Crippen LogP contribution in [0.2, 0.25) is 5.02 Å². The fourth-order valence-corrected chi connectivity index (χ4v) is 4.96. The summed E-state index contributed by atoms with van der Waals surface area (Å²) in [5, 5.41) is 24.9. The van der Waals surface area contributed by atoms with Crippen LogP contribution in [0.1, 0.15) is 31.2 Å². The molecule has 4 aromatic heterocycles. The summed E-state index contributed by atoms with van der Waals surface area (Å²) in [6.07, 6.45) is 0.705. The molecule has 4 aromatic rings. The third kappa shape index (κ3) is 7.55. The van der Waals surface area contributed by atoms with Gasteiger partial charge in [0.05, 0.1) is 7.11 Å². The van der Waals surface area contributed by atoms with Gasteiger partial charge in [-0.15, -0.1) is 0 Å². The van der Waals surface area contributed by atoms with Crippen LogP contribution in [0.5, 0.6) is 6.01 Å². The second-order valence-corrected chi connectivity index (χ2v) is 10.3. The number of rotatable bonds is 9. The largest absolute Gasteiger partial charge is 0.467 e. The molecule has 238 valence electrons. The molecule has 4 heterocycles. The van der Waals surface area contributed by atoms with Crippen LogP contribution in [-0.2, 0) is 10.9 Å². The summed E-state index contributed by atoms with van der Waals surface area (Å²) in [6.45, 7) is -0.642. The lowest BCUT2D eigenvalue weighted by atomic mass is 9.90. The Balaban J connectivity index is 1.31. The Kier molecular flexibility index (Phi) is 9.60. The Bertz CT molecular complexity index is 1600. The van der Waals surface area contributed by atoms with Crippen LogP contribution in [0.15, 0.2) is 47.7 Å². The number of ether oxygens (including phenoxy) is 2. The van der Waals surface area contributed by atoms with E-state index in [2.05, 4.69) is 35.4 Å². The predicted molar refractivity (Wildman–Crippen MR) is 151 cm³/mol. The van der Waals surface area contributed by atoms with Gasteiger partial charge >= 0.3 is 18.3 Å². The van der Waals surface area contributed by atoms with Crippen molar-refractivity contribution in [1.82, 2.24) is 30.1 Å². The first-order valence-electron chi connectivity index (χ1n) is 13.5. The molecule has 0 spiro atoms. The number of amides is 1. The second-order valence-electron chi connectivity index (χ2n) is 9.91. The van der Waals surface area contributed by atoms with E-state index in [1.165, 1.54) is 18.2 Å². The summed E-state index contributed by atoms with van der Waals surface area (Å²) < 4.78 is 55.7. The smallest absolute Gasteiger partial charge is 0.420 e. The maximum atomic E-state index is 13.6. The number of carbonyl (C=O) groups excluding carboxylic acids is 1. The molecule has 18 heteroatoms. The number of aliphatic hydroxyl groups excluding tert-OH is 1. The van der Waals surface area contributed by atoms with Gasteiger partial charge in [0.2, 0.25) is 5.95 Å². The number of alkyl halides is 3. The van der Waals surface area contributed by atoms with Crippen LogP contribution in [0.25, 0.3) is 22.5 Å². The molecule has 14 nitrogen and oxygen atoms in total. The van der Waals surface area contributed by atoms with Crippen LogP contribution >= 0.6 is 11.6 Å². The number of methoxy groups -OCH3 is 1. The van der Waals surface area contributed by atoms with E-state index in [-0.39, 0.29) is 34.5 Å². The Hall–Kier alpha value is -4.61. The third-order valence-corrected chi connectivity index (χ3v) is 7.20. The number of halogens is 4. The number of aliphatic hydroxyl groups is 2. The fraction of sp³-hybridized carbons (Fsp3) is 0.370. The van der Waals surface area contributed by atoms with Gasteiger partial charge in [0.15, 0.2) is 12.0 Å². The lowest BCUT2D eigenvalue weighted by Crippen LogP contribution is -2.45. The van der Waals surface area contributed by atoms with Gasteiger partial charge in [0.25, 0.3) is 0 Å². The lowest BCUT2D eigenvalue weighted by molar-refractivity contribution is -0.137. The highest BCUT2D eigenvalue weighted by molar-refractivity contribution is 6.32. The fourth-order valence-electron chi connectivity index (χ4n) is 4.80. The number of carbonyl (C=O) groups is 1. The first-order chi connectivity index (χ1) is 21.5. The number of anilines is 2. The summed E-state index contributed by atoms with van der Waals surface area (Å²) >= 11 is 5.96. The number of pyridine rings is 1. The van der Waals surface area contributed by atoms with Crippen molar-refractivity contribution < 1.29 is 42.2 Å². The van der Waals surface area contributed by atoms with E-state index >= 15 is 0 Å². The molecule has 1 fully saturated rings. The molecule has 0 unspecified atom stereocenters.